The highest BCUT2D eigenvalue weighted by molar-refractivity contribution is 14.0. The van der Waals surface area contributed by atoms with Crippen molar-refractivity contribution in [3.05, 3.63) is 17.5 Å². The van der Waals surface area contributed by atoms with E-state index >= 15 is 0 Å². The van der Waals surface area contributed by atoms with Crippen LogP contribution in [0.1, 0.15) is 6.42 Å². The van der Waals surface area contributed by atoms with Gasteiger partial charge < -0.3 is 10.2 Å². The molecular formula is C13H21IN4O2S2. The molecular weight excluding hydrogens is 435 g/mol. The van der Waals surface area contributed by atoms with Gasteiger partial charge in [-0.05, 0) is 23.8 Å². The third-order valence-corrected chi connectivity index (χ3v) is 7.18. The zero-order chi connectivity index (χ0) is 14.9. The van der Waals surface area contributed by atoms with E-state index in [0.717, 1.165) is 32.0 Å². The number of thiophene rings is 1. The Morgan fingerprint density at radius 1 is 1.45 bits per heavy atom. The molecule has 3 rings (SSSR count). The fraction of sp³-hybridized carbons (Fsp3) is 0.615. The first kappa shape index (κ1) is 18.0. The molecule has 0 bridgehead atoms. The molecule has 0 saturated carbocycles. The van der Waals surface area contributed by atoms with Crippen molar-refractivity contribution >= 4 is 51.3 Å². The summed E-state index contributed by atoms with van der Waals surface area (Å²) in [6.07, 6.45) is 0.897. The number of nitrogens with zero attached hydrogens (tertiary/aromatic N) is 3. The van der Waals surface area contributed by atoms with Gasteiger partial charge in [0.15, 0.2) is 5.96 Å². The second-order valence-electron chi connectivity index (χ2n) is 5.46. The molecule has 1 fully saturated rings. The van der Waals surface area contributed by atoms with Crippen molar-refractivity contribution < 1.29 is 8.42 Å². The van der Waals surface area contributed by atoms with Gasteiger partial charge in [-0.25, -0.2) is 8.42 Å². The van der Waals surface area contributed by atoms with E-state index < -0.39 is 10.0 Å². The molecule has 9 heteroatoms. The Hall–Kier alpha value is -0.390. The maximum Gasteiger partial charge on any atom is 0.252 e. The maximum absolute atomic E-state index is 12.4. The van der Waals surface area contributed by atoms with Crippen LogP contribution in [-0.4, -0.2) is 63.4 Å². The van der Waals surface area contributed by atoms with E-state index in [2.05, 4.69) is 15.2 Å². The van der Waals surface area contributed by atoms with Crippen molar-refractivity contribution in [1.82, 2.24) is 14.5 Å². The molecule has 0 amide bonds. The lowest BCUT2D eigenvalue weighted by Gasteiger charge is -2.18. The topological polar surface area (TPSA) is 65.0 Å². The van der Waals surface area contributed by atoms with Gasteiger partial charge in [0.25, 0.3) is 10.0 Å². The van der Waals surface area contributed by atoms with Crippen LogP contribution in [0, 0.1) is 5.92 Å². The van der Waals surface area contributed by atoms with Crippen LogP contribution in [0.15, 0.2) is 26.7 Å². The minimum absolute atomic E-state index is 0. The predicted octanol–water partition coefficient (Wildman–Crippen LogP) is 1.27. The molecule has 3 heterocycles. The van der Waals surface area contributed by atoms with E-state index in [9.17, 15) is 8.42 Å². The van der Waals surface area contributed by atoms with Gasteiger partial charge in [0.05, 0.1) is 6.54 Å². The summed E-state index contributed by atoms with van der Waals surface area (Å²) in [4.78, 5) is 6.48. The number of nitrogens with one attached hydrogen (secondary N) is 1. The fourth-order valence-electron chi connectivity index (χ4n) is 2.68. The van der Waals surface area contributed by atoms with Crippen LogP contribution in [0.2, 0.25) is 0 Å². The normalized spacial score (nSPS) is 22.5. The first-order valence-electron chi connectivity index (χ1n) is 7.10. The van der Waals surface area contributed by atoms with E-state index in [4.69, 9.17) is 0 Å². The summed E-state index contributed by atoms with van der Waals surface area (Å²) in [5, 5.41) is 5.14. The number of hydrogen-bond acceptors (Lipinski definition) is 6. The summed E-state index contributed by atoms with van der Waals surface area (Å²) in [5.41, 5.74) is 0. The largest absolute Gasteiger partial charge is 0.356 e. The Labute approximate surface area is 152 Å². The molecule has 0 aromatic carbocycles. The van der Waals surface area contributed by atoms with Crippen LogP contribution in [0.4, 0.5) is 0 Å². The molecule has 0 aliphatic carbocycles. The quantitative estimate of drug-likeness (QED) is 0.694. The SMILES string of the molecule is CN1CCN=C1NCC1CCN(S(=O)(=O)c2cccs2)C1.I. The fourth-order valence-corrected chi connectivity index (χ4v) is 5.35. The van der Waals surface area contributed by atoms with E-state index in [0.29, 0.717) is 23.2 Å². The highest BCUT2D eigenvalue weighted by atomic mass is 127. The molecule has 2 aliphatic heterocycles. The van der Waals surface area contributed by atoms with Gasteiger partial charge in [-0.2, -0.15) is 4.31 Å². The molecule has 1 aromatic heterocycles. The van der Waals surface area contributed by atoms with Gasteiger partial charge in [0.1, 0.15) is 4.21 Å². The molecule has 1 atom stereocenters. The first-order valence-corrected chi connectivity index (χ1v) is 9.42. The van der Waals surface area contributed by atoms with Crippen LogP contribution in [0.3, 0.4) is 0 Å². The van der Waals surface area contributed by atoms with Crippen molar-refractivity contribution in [3.8, 4) is 0 Å². The minimum atomic E-state index is -3.29. The Morgan fingerprint density at radius 2 is 2.27 bits per heavy atom. The molecule has 124 valence electrons. The van der Waals surface area contributed by atoms with Crippen LogP contribution < -0.4 is 5.32 Å². The first-order chi connectivity index (χ1) is 10.1. The van der Waals surface area contributed by atoms with Crippen molar-refractivity contribution in [1.29, 1.82) is 0 Å². The number of hydrogen-bond donors (Lipinski definition) is 1. The van der Waals surface area contributed by atoms with Crippen LogP contribution in [-0.2, 0) is 10.0 Å². The van der Waals surface area contributed by atoms with E-state index in [1.807, 2.05) is 7.05 Å². The van der Waals surface area contributed by atoms with Crippen LogP contribution in [0.5, 0.6) is 0 Å². The lowest BCUT2D eigenvalue weighted by molar-refractivity contribution is 0.451. The lowest BCUT2D eigenvalue weighted by atomic mass is 10.1. The highest BCUT2D eigenvalue weighted by Crippen LogP contribution is 2.26. The zero-order valence-electron chi connectivity index (χ0n) is 12.4. The number of aliphatic imine (C=N–C) groups is 1. The molecule has 1 unspecified atom stereocenters. The molecule has 2 aliphatic rings. The summed E-state index contributed by atoms with van der Waals surface area (Å²) in [6.45, 7) is 3.76. The minimum Gasteiger partial charge on any atom is -0.356 e. The standard InChI is InChI=1S/C13H20N4O2S2.HI/c1-16-7-5-14-13(16)15-9-11-4-6-17(10-11)21(18,19)12-3-2-8-20-12;/h2-3,8,11H,4-7,9-10H2,1H3,(H,14,15);1H. The zero-order valence-corrected chi connectivity index (χ0v) is 16.4. The van der Waals surface area contributed by atoms with Crippen LogP contribution >= 0.6 is 35.3 Å². The summed E-state index contributed by atoms with van der Waals surface area (Å²) < 4.78 is 26.9. The average Bonchev–Trinajstić information content (AvgIpc) is 3.19. The molecule has 1 N–H and O–H groups in total. The second-order valence-corrected chi connectivity index (χ2v) is 8.57. The van der Waals surface area contributed by atoms with Gasteiger partial charge in [-0.1, -0.05) is 6.07 Å². The van der Waals surface area contributed by atoms with Crippen molar-refractivity contribution in [2.75, 3.05) is 39.8 Å². The predicted molar refractivity (Wildman–Crippen MR) is 99.5 cm³/mol. The number of sulfonamides is 1. The third-order valence-electron chi connectivity index (χ3n) is 3.95. The molecule has 1 saturated heterocycles. The molecule has 0 radical (unpaired) electrons. The lowest BCUT2D eigenvalue weighted by Crippen LogP contribution is -2.39. The summed E-state index contributed by atoms with van der Waals surface area (Å²) in [7, 11) is -1.28. The Kier molecular flexibility index (Phi) is 6.08. The summed E-state index contributed by atoms with van der Waals surface area (Å²) >= 11 is 1.28. The summed E-state index contributed by atoms with van der Waals surface area (Å²) in [5.74, 6) is 1.27. The van der Waals surface area contributed by atoms with Gasteiger partial charge in [0.2, 0.25) is 0 Å². The smallest absolute Gasteiger partial charge is 0.252 e. The highest BCUT2D eigenvalue weighted by Gasteiger charge is 2.33. The number of likely N-dealkylation sites (N-methyl/N-ethyl adjacent to an activating group) is 1. The average molecular weight is 456 g/mol. The van der Waals surface area contributed by atoms with E-state index in [-0.39, 0.29) is 24.0 Å². The van der Waals surface area contributed by atoms with Crippen LogP contribution in [0.25, 0.3) is 0 Å². The van der Waals surface area contributed by atoms with Gasteiger partial charge in [-0.3, -0.25) is 4.99 Å². The van der Waals surface area contributed by atoms with E-state index in [1.54, 1.807) is 21.8 Å². The van der Waals surface area contributed by atoms with Crippen molar-refractivity contribution in [3.63, 3.8) is 0 Å². The Morgan fingerprint density at radius 3 is 2.91 bits per heavy atom. The molecule has 22 heavy (non-hydrogen) atoms. The van der Waals surface area contributed by atoms with Crippen molar-refractivity contribution in [2.24, 2.45) is 10.9 Å². The molecule has 6 nitrogen and oxygen atoms in total. The van der Waals surface area contributed by atoms with E-state index in [1.165, 1.54) is 11.3 Å². The number of guanidine groups is 1. The van der Waals surface area contributed by atoms with Gasteiger partial charge in [-0.15, -0.1) is 35.3 Å². The number of halogens is 1. The second kappa shape index (κ2) is 7.45. The third kappa shape index (κ3) is 3.74. The molecule has 0 spiro atoms. The molecule has 1 aromatic rings. The van der Waals surface area contributed by atoms with Crippen molar-refractivity contribution in [2.45, 2.75) is 10.6 Å². The maximum atomic E-state index is 12.4. The number of rotatable bonds is 4. The summed E-state index contributed by atoms with van der Waals surface area (Å²) in [6, 6.07) is 3.45. The van der Waals surface area contributed by atoms with Gasteiger partial charge in [0, 0.05) is 33.2 Å². The Bertz CT molecular complexity index is 618. The Balaban J connectivity index is 0.00000176. The monoisotopic (exact) mass is 456 g/mol. The van der Waals surface area contributed by atoms with Gasteiger partial charge >= 0.3 is 0 Å².